The van der Waals surface area contributed by atoms with Crippen molar-refractivity contribution in [2.45, 2.75) is 13.3 Å². The van der Waals surface area contributed by atoms with E-state index in [0.717, 1.165) is 0 Å². The van der Waals surface area contributed by atoms with Gasteiger partial charge >= 0.3 is 5.97 Å². The Balaban J connectivity index is 2.90. The van der Waals surface area contributed by atoms with Crippen LogP contribution in [-0.2, 0) is 4.79 Å². The minimum Gasteiger partial charge on any atom is -0.423 e. The highest BCUT2D eigenvalue weighted by Crippen LogP contribution is 2.23. The zero-order chi connectivity index (χ0) is 10.6. The molecule has 0 N–H and O–H groups in total. The summed E-state index contributed by atoms with van der Waals surface area (Å²) in [5.41, 5.74) is 0. The lowest BCUT2D eigenvalue weighted by Crippen LogP contribution is -2.14. The average molecular weight is 194 g/mol. The summed E-state index contributed by atoms with van der Waals surface area (Å²) in [5.74, 6) is 0.916. The first kappa shape index (κ1) is 10.5. The highest BCUT2D eigenvalue weighted by molar-refractivity contribution is 5.73. The first-order valence-electron chi connectivity index (χ1n) is 4.48. The first-order valence-corrected chi connectivity index (χ1v) is 4.48. The fourth-order valence-electron chi connectivity index (χ4n) is 0.993. The van der Waals surface area contributed by atoms with Gasteiger partial charge in [-0.1, -0.05) is 6.92 Å². The van der Waals surface area contributed by atoms with E-state index in [0.29, 0.717) is 18.0 Å². The Morgan fingerprint density at radius 2 is 2.29 bits per heavy atom. The number of pyridine rings is 1. The standard InChI is InChI=1S/C10H14N2O2/c1-4-9(13)14-8-6-5-7-11-10(8)12(2)3/h5-7H,4H2,1-3H3. The minimum absolute atomic E-state index is 0.249. The molecule has 1 rings (SSSR count). The van der Waals surface area contributed by atoms with Gasteiger partial charge in [0, 0.05) is 26.7 Å². The van der Waals surface area contributed by atoms with Crippen LogP contribution >= 0.6 is 0 Å². The maximum Gasteiger partial charge on any atom is 0.311 e. The third-order valence-corrected chi connectivity index (χ3v) is 1.69. The normalized spacial score (nSPS) is 9.64. The maximum absolute atomic E-state index is 11.1. The van der Waals surface area contributed by atoms with Crippen LogP contribution in [0.5, 0.6) is 5.75 Å². The zero-order valence-electron chi connectivity index (χ0n) is 8.65. The Labute approximate surface area is 83.5 Å². The average Bonchev–Trinajstić information content (AvgIpc) is 2.18. The zero-order valence-corrected chi connectivity index (χ0v) is 8.65. The smallest absolute Gasteiger partial charge is 0.311 e. The summed E-state index contributed by atoms with van der Waals surface area (Å²) in [6.45, 7) is 1.76. The molecule has 1 aromatic heterocycles. The molecule has 0 amide bonds. The van der Waals surface area contributed by atoms with Crippen molar-refractivity contribution >= 4 is 11.8 Å². The fraction of sp³-hybridized carbons (Fsp3) is 0.400. The maximum atomic E-state index is 11.1. The topological polar surface area (TPSA) is 42.4 Å². The molecule has 0 fully saturated rings. The van der Waals surface area contributed by atoms with Gasteiger partial charge in [0.15, 0.2) is 11.6 Å². The molecule has 0 saturated heterocycles. The molecule has 0 radical (unpaired) electrons. The number of carbonyl (C=O) groups excluding carboxylic acids is 1. The Hall–Kier alpha value is -1.58. The van der Waals surface area contributed by atoms with Crippen LogP contribution in [0.1, 0.15) is 13.3 Å². The minimum atomic E-state index is -0.249. The molecule has 14 heavy (non-hydrogen) atoms. The molecule has 0 aliphatic rings. The number of hydrogen-bond acceptors (Lipinski definition) is 4. The number of carbonyl (C=O) groups is 1. The Kier molecular flexibility index (Phi) is 3.45. The Morgan fingerprint density at radius 3 is 2.86 bits per heavy atom. The molecule has 1 aromatic rings. The highest BCUT2D eigenvalue weighted by atomic mass is 16.5. The summed E-state index contributed by atoms with van der Waals surface area (Å²) in [6, 6.07) is 3.47. The third-order valence-electron chi connectivity index (χ3n) is 1.69. The molecule has 0 saturated carbocycles. The van der Waals surface area contributed by atoms with Crippen LogP contribution in [0.2, 0.25) is 0 Å². The number of aromatic nitrogens is 1. The Bertz CT molecular complexity index is 324. The molecule has 0 spiro atoms. The predicted octanol–water partition coefficient (Wildman–Crippen LogP) is 1.46. The number of hydrogen-bond donors (Lipinski definition) is 0. The van der Waals surface area contributed by atoms with Crippen LogP contribution < -0.4 is 9.64 Å². The van der Waals surface area contributed by atoms with E-state index in [9.17, 15) is 4.79 Å². The van der Waals surface area contributed by atoms with E-state index < -0.39 is 0 Å². The first-order chi connectivity index (χ1) is 6.65. The number of nitrogens with zero attached hydrogens (tertiary/aromatic N) is 2. The molecule has 0 unspecified atom stereocenters. The molecule has 76 valence electrons. The van der Waals surface area contributed by atoms with Gasteiger partial charge < -0.3 is 9.64 Å². The van der Waals surface area contributed by atoms with Crippen LogP contribution in [0.4, 0.5) is 5.82 Å². The molecule has 0 atom stereocenters. The number of anilines is 1. The molecule has 0 aliphatic carbocycles. The van der Waals surface area contributed by atoms with Crippen LogP contribution in [0.3, 0.4) is 0 Å². The van der Waals surface area contributed by atoms with Gasteiger partial charge in [0.2, 0.25) is 0 Å². The van der Waals surface area contributed by atoms with Crippen molar-refractivity contribution in [3.05, 3.63) is 18.3 Å². The molecule has 0 aliphatic heterocycles. The van der Waals surface area contributed by atoms with Crippen LogP contribution in [0.15, 0.2) is 18.3 Å². The summed E-state index contributed by atoms with van der Waals surface area (Å²) in [6.07, 6.45) is 2.03. The summed E-state index contributed by atoms with van der Waals surface area (Å²) in [5, 5.41) is 0. The second-order valence-electron chi connectivity index (χ2n) is 3.05. The van der Waals surface area contributed by atoms with Crippen molar-refractivity contribution in [1.82, 2.24) is 4.98 Å². The van der Waals surface area contributed by atoms with Gasteiger partial charge in [-0.05, 0) is 12.1 Å². The molecule has 1 heterocycles. The van der Waals surface area contributed by atoms with E-state index in [-0.39, 0.29) is 5.97 Å². The molecule has 4 heteroatoms. The van der Waals surface area contributed by atoms with E-state index in [1.807, 2.05) is 14.1 Å². The quantitative estimate of drug-likeness (QED) is 0.683. The van der Waals surface area contributed by atoms with Crippen molar-refractivity contribution in [3.8, 4) is 5.75 Å². The lowest BCUT2D eigenvalue weighted by molar-refractivity contribution is -0.133. The number of ether oxygens (including phenoxy) is 1. The number of esters is 1. The summed E-state index contributed by atoms with van der Waals surface area (Å²) >= 11 is 0. The lowest BCUT2D eigenvalue weighted by atomic mass is 10.4. The van der Waals surface area contributed by atoms with E-state index in [2.05, 4.69) is 4.98 Å². The monoisotopic (exact) mass is 194 g/mol. The highest BCUT2D eigenvalue weighted by Gasteiger charge is 2.09. The summed E-state index contributed by atoms with van der Waals surface area (Å²) in [7, 11) is 3.71. The van der Waals surface area contributed by atoms with E-state index in [1.54, 1.807) is 30.2 Å². The Morgan fingerprint density at radius 1 is 1.57 bits per heavy atom. The largest absolute Gasteiger partial charge is 0.423 e. The van der Waals surface area contributed by atoms with Gasteiger partial charge in [-0.15, -0.1) is 0 Å². The second kappa shape index (κ2) is 4.60. The van der Waals surface area contributed by atoms with E-state index in [1.165, 1.54) is 0 Å². The van der Waals surface area contributed by atoms with Gasteiger partial charge in [0.1, 0.15) is 0 Å². The molecule has 4 nitrogen and oxygen atoms in total. The van der Waals surface area contributed by atoms with Crippen molar-refractivity contribution in [3.63, 3.8) is 0 Å². The van der Waals surface area contributed by atoms with Crippen molar-refractivity contribution in [2.24, 2.45) is 0 Å². The lowest BCUT2D eigenvalue weighted by Gasteiger charge is -2.14. The third kappa shape index (κ3) is 2.45. The van der Waals surface area contributed by atoms with Crippen molar-refractivity contribution < 1.29 is 9.53 Å². The van der Waals surface area contributed by atoms with Crippen molar-refractivity contribution in [1.29, 1.82) is 0 Å². The second-order valence-corrected chi connectivity index (χ2v) is 3.05. The van der Waals surface area contributed by atoms with E-state index in [4.69, 9.17) is 4.74 Å². The van der Waals surface area contributed by atoms with Gasteiger partial charge in [0.25, 0.3) is 0 Å². The predicted molar refractivity (Wildman–Crippen MR) is 54.5 cm³/mol. The molecule has 0 aromatic carbocycles. The SMILES string of the molecule is CCC(=O)Oc1cccnc1N(C)C. The summed E-state index contributed by atoms with van der Waals surface area (Å²) in [4.78, 5) is 17.0. The van der Waals surface area contributed by atoms with Gasteiger partial charge in [-0.25, -0.2) is 4.98 Å². The van der Waals surface area contributed by atoms with Crippen LogP contribution in [0, 0.1) is 0 Å². The van der Waals surface area contributed by atoms with Gasteiger partial charge in [0.05, 0.1) is 0 Å². The van der Waals surface area contributed by atoms with Crippen LogP contribution in [-0.4, -0.2) is 25.0 Å². The van der Waals surface area contributed by atoms with Crippen LogP contribution in [0.25, 0.3) is 0 Å². The molecular formula is C10H14N2O2. The molecular weight excluding hydrogens is 180 g/mol. The number of rotatable bonds is 3. The van der Waals surface area contributed by atoms with E-state index >= 15 is 0 Å². The van der Waals surface area contributed by atoms with Crippen molar-refractivity contribution in [2.75, 3.05) is 19.0 Å². The van der Waals surface area contributed by atoms with Gasteiger partial charge in [-0.3, -0.25) is 4.79 Å². The summed E-state index contributed by atoms with van der Waals surface area (Å²) < 4.78 is 5.11. The molecule has 0 bridgehead atoms. The fourth-order valence-corrected chi connectivity index (χ4v) is 0.993. The van der Waals surface area contributed by atoms with Gasteiger partial charge in [-0.2, -0.15) is 0 Å².